The number of nitrogens with two attached hydrogens (primary N) is 1. The van der Waals surface area contributed by atoms with Gasteiger partial charge in [0, 0.05) is 44.2 Å². The molecule has 1 atom stereocenters. The number of carbonyl (C=O) groups is 1. The van der Waals surface area contributed by atoms with Gasteiger partial charge in [0.1, 0.15) is 0 Å². The molecule has 1 saturated heterocycles. The monoisotopic (exact) mass is 265 g/mol. The summed E-state index contributed by atoms with van der Waals surface area (Å²) in [5.74, 6) is 0.229. The first-order chi connectivity index (χ1) is 9.20. The van der Waals surface area contributed by atoms with E-state index in [1.165, 1.54) is 0 Å². The van der Waals surface area contributed by atoms with Crippen LogP contribution in [0.3, 0.4) is 0 Å². The molecule has 0 radical (unpaired) electrons. The van der Waals surface area contributed by atoms with Crippen LogP contribution in [0.15, 0.2) is 23.0 Å². The maximum atomic E-state index is 12.1. The fourth-order valence-electron chi connectivity index (χ4n) is 2.52. The third-order valence-corrected chi connectivity index (χ3v) is 3.78. The largest absolute Gasteiger partial charge is 0.472 e. The van der Waals surface area contributed by atoms with Gasteiger partial charge in [0.25, 0.3) is 0 Å². The van der Waals surface area contributed by atoms with Crippen molar-refractivity contribution in [3.63, 3.8) is 0 Å². The summed E-state index contributed by atoms with van der Waals surface area (Å²) in [6.07, 6.45) is 6.15. The molecule has 1 aliphatic heterocycles. The minimum atomic E-state index is 0.0861. The lowest BCUT2D eigenvalue weighted by Gasteiger charge is -2.27. The second-order valence-electron chi connectivity index (χ2n) is 5.23. The molecule has 5 heteroatoms. The summed E-state index contributed by atoms with van der Waals surface area (Å²) in [5.41, 5.74) is 6.92. The van der Waals surface area contributed by atoms with Crippen molar-refractivity contribution in [2.75, 3.05) is 26.7 Å². The Morgan fingerprint density at radius 2 is 2.26 bits per heavy atom. The molecular formula is C14H23N3O2. The molecule has 1 aliphatic rings. The summed E-state index contributed by atoms with van der Waals surface area (Å²) >= 11 is 0. The Bertz CT molecular complexity index is 385. The number of likely N-dealkylation sites (tertiary alicyclic amines) is 1. The van der Waals surface area contributed by atoms with E-state index in [1.54, 1.807) is 12.5 Å². The number of carbonyl (C=O) groups excluding carboxylic acids is 1. The number of rotatable bonds is 6. The molecule has 1 amide bonds. The normalized spacial score (nSPS) is 17.1. The number of hydrogen-bond acceptors (Lipinski definition) is 4. The molecule has 1 aromatic rings. The summed E-state index contributed by atoms with van der Waals surface area (Å²) in [7, 11) is 2.00. The number of likely N-dealkylation sites (N-methyl/N-ethyl adjacent to an activating group) is 1. The van der Waals surface area contributed by atoms with Crippen molar-refractivity contribution in [3.05, 3.63) is 24.2 Å². The van der Waals surface area contributed by atoms with Gasteiger partial charge in [-0.2, -0.15) is 0 Å². The van der Waals surface area contributed by atoms with Gasteiger partial charge < -0.3 is 15.1 Å². The second-order valence-corrected chi connectivity index (χ2v) is 5.23. The first kappa shape index (κ1) is 14.1. The predicted molar refractivity (Wildman–Crippen MR) is 73.4 cm³/mol. The molecule has 1 aromatic heterocycles. The molecule has 1 fully saturated rings. The Kier molecular flexibility index (Phi) is 4.99. The van der Waals surface area contributed by atoms with Crippen LogP contribution in [0.4, 0.5) is 0 Å². The smallest absolute Gasteiger partial charge is 0.224 e. The lowest BCUT2D eigenvalue weighted by molar-refractivity contribution is -0.131. The van der Waals surface area contributed by atoms with Gasteiger partial charge in [-0.3, -0.25) is 9.69 Å². The van der Waals surface area contributed by atoms with Crippen LogP contribution in [0.2, 0.25) is 0 Å². The molecule has 2 heterocycles. The molecule has 1 unspecified atom stereocenters. The van der Waals surface area contributed by atoms with Crippen LogP contribution in [0, 0.1) is 0 Å². The highest BCUT2D eigenvalue weighted by Gasteiger charge is 2.23. The van der Waals surface area contributed by atoms with E-state index < -0.39 is 0 Å². The van der Waals surface area contributed by atoms with E-state index in [9.17, 15) is 4.79 Å². The Morgan fingerprint density at radius 3 is 2.84 bits per heavy atom. The topological polar surface area (TPSA) is 62.7 Å². The highest BCUT2D eigenvalue weighted by atomic mass is 16.3. The maximum absolute atomic E-state index is 12.1. The predicted octanol–water partition coefficient (Wildman–Crippen LogP) is 1.05. The molecular weight excluding hydrogens is 242 g/mol. The lowest BCUT2D eigenvalue weighted by atomic mass is 10.1. The summed E-state index contributed by atoms with van der Waals surface area (Å²) in [4.78, 5) is 16.2. The number of nitrogens with zero attached hydrogens (tertiary/aromatic N) is 2. The zero-order valence-electron chi connectivity index (χ0n) is 11.5. The summed E-state index contributed by atoms with van der Waals surface area (Å²) < 4.78 is 5.06. The van der Waals surface area contributed by atoms with Gasteiger partial charge >= 0.3 is 0 Å². The van der Waals surface area contributed by atoms with Crippen molar-refractivity contribution in [3.8, 4) is 0 Å². The molecule has 2 N–H and O–H groups in total. The summed E-state index contributed by atoms with van der Waals surface area (Å²) in [6, 6.07) is 2.02. The minimum Gasteiger partial charge on any atom is -0.472 e. The average molecular weight is 265 g/mol. The van der Waals surface area contributed by atoms with Gasteiger partial charge in [-0.15, -0.1) is 0 Å². The van der Waals surface area contributed by atoms with Crippen LogP contribution < -0.4 is 5.73 Å². The van der Waals surface area contributed by atoms with E-state index in [0.717, 1.165) is 38.0 Å². The molecule has 0 spiro atoms. The number of amides is 1. The van der Waals surface area contributed by atoms with E-state index >= 15 is 0 Å². The molecule has 2 rings (SSSR count). The quantitative estimate of drug-likeness (QED) is 0.835. The van der Waals surface area contributed by atoms with Crippen LogP contribution in [0.1, 0.15) is 24.8 Å². The van der Waals surface area contributed by atoms with E-state index in [4.69, 9.17) is 10.2 Å². The third kappa shape index (κ3) is 3.81. The van der Waals surface area contributed by atoms with Crippen molar-refractivity contribution in [1.82, 2.24) is 9.80 Å². The molecule has 0 aliphatic carbocycles. The van der Waals surface area contributed by atoms with Crippen molar-refractivity contribution in [1.29, 1.82) is 0 Å². The zero-order chi connectivity index (χ0) is 13.7. The van der Waals surface area contributed by atoms with Gasteiger partial charge in [0.2, 0.25) is 5.91 Å². The summed E-state index contributed by atoms with van der Waals surface area (Å²) in [5, 5.41) is 0. The first-order valence-corrected chi connectivity index (χ1v) is 6.90. The minimum absolute atomic E-state index is 0.0861. The number of furan rings is 1. The van der Waals surface area contributed by atoms with Crippen LogP contribution in [0.5, 0.6) is 0 Å². The zero-order valence-corrected chi connectivity index (χ0v) is 11.5. The Balaban J connectivity index is 1.86. The Labute approximate surface area is 114 Å². The van der Waals surface area contributed by atoms with Crippen molar-refractivity contribution >= 4 is 5.91 Å². The first-order valence-electron chi connectivity index (χ1n) is 6.90. The molecule has 19 heavy (non-hydrogen) atoms. The van der Waals surface area contributed by atoms with Crippen molar-refractivity contribution in [2.45, 2.75) is 31.8 Å². The van der Waals surface area contributed by atoms with E-state index in [-0.39, 0.29) is 11.9 Å². The van der Waals surface area contributed by atoms with Gasteiger partial charge in [-0.25, -0.2) is 0 Å². The molecule has 0 bridgehead atoms. The van der Waals surface area contributed by atoms with Gasteiger partial charge in [0.15, 0.2) is 0 Å². The third-order valence-electron chi connectivity index (χ3n) is 3.78. The summed E-state index contributed by atoms with van der Waals surface area (Å²) in [6.45, 7) is 3.06. The van der Waals surface area contributed by atoms with E-state index in [0.29, 0.717) is 13.0 Å². The molecule has 106 valence electrons. The lowest BCUT2D eigenvalue weighted by Crippen LogP contribution is -2.42. The Morgan fingerprint density at radius 1 is 1.53 bits per heavy atom. The number of hydrogen-bond donors (Lipinski definition) is 1. The molecule has 0 saturated carbocycles. The maximum Gasteiger partial charge on any atom is 0.224 e. The molecule has 0 aromatic carbocycles. The van der Waals surface area contributed by atoms with Gasteiger partial charge in [-0.1, -0.05) is 0 Å². The molecule has 5 nitrogen and oxygen atoms in total. The second kappa shape index (κ2) is 6.73. The SMILES string of the molecule is CN(Cc1ccoc1)C(CN)CC(=O)N1CCCC1. The fourth-order valence-corrected chi connectivity index (χ4v) is 2.52. The van der Waals surface area contributed by atoms with E-state index in [2.05, 4.69) is 4.90 Å². The average Bonchev–Trinajstić information content (AvgIpc) is 3.07. The standard InChI is InChI=1S/C14H23N3O2/c1-16(10-12-4-7-19-11-12)13(9-15)8-14(18)17-5-2-3-6-17/h4,7,11,13H,2-3,5-6,8-10,15H2,1H3. The fraction of sp³-hybridized carbons (Fsp3) is 0.643. The van der Waals surface area contributed by atoms with Crippen LogP contribution >= 0.6 is 0 Å². The van der Waals surface area contributed by atoms with Crippen molar-refractivity contribution in [2.24, 2.45) is 5.73 Å². The highest BCUT2D eigenvalue weighted by molar-refractivity contribution is 5.77. The van der Waals surface area contributed by atoms with Crippen LogP contribution in [0.25, 0.3) is 0 Å². The van der Waals surface area contributed by atoms with Crippen molar-refractivity contribution < 1.29 is 9.21 Å². The van der Waals surface area contributed by atoms with E-state index in [1.807, 2.05) is 18.0 Å². The van der Waals surface area contributed by atoms with Gasteiger partial charge in [0.05, 0.1) is 12.5 Å². The van der Waals surface area contributed by atoms with Gasteiger partial charge in [-0.05, 0) is 26.0 Å². The van der Waals surface area contributed by atoms with Crippen LogP contribution in [-0.2, 0) is 11.3 Å². The highest BCUT2D eigenvalue weighted by Crippen LogP contribution is 2.13. The Hall–Kier alpha value is -1.33. The van der Waals surface area contributed by atoms with Crippen LogP contribution in [-0.4, -0.2) is 48.4 Å².